The molecule has 0 saturated carbocycles. The summed E-state index contributed by atoms with van der Waals surface area (Å²) in [7, 11) is -4.08. The van der Waals surface area contributed by atoms with Gasteiger partial charge in [-0.1, -0.05) is 67.9 Å². The summed E-state index contributed by atoms with van der Waals surface area (Å²) in [4.78, 5) is -0.384. The molecule has 2 N–H and O–H groups in total. The van der Waals surface area contributed by atoms with Gasteiger partial charge in [-0.05, 0) is 47.2 Å². The lowest BCUT2D eigenvalue weighted by molar-refractivity contribution is 0.428. The fraction of sp³-hybridized carbons (Fsp3) is 0.217. The van der Waals surface area contributed by atoms with E-state index in [1.54, 1.807) is 12.1 Å². The smallest absolute Gasteiger partial charge is 0.264 e. The zero-order chi connectivity index (χ0) is 21.5. The van der Waals surface area contributed by atoms with Crippen molar-refractivity contribution in [3.05, 3.63) is 88.7 Å². The van der Waals surface area contributed by atoms with Crippen LogP contribution in [0.3, 0.4) is 0 Å². The van der Waals surface area contributed by atoms with Gasteiger partial charge in [0, 0.05) is 0 Å². The van der Waals surface area contributed by atoms with E-state index in [0.717, 1.165) is 29.3 Å². The Balaban J connectivity index is 1.73. The lowest BCUT2D eigenvalue weighted by Crippen LogP contribution is -2.32. The van der Waals surface area contributed by atoms with Crippen molar-refractivity contribution in [2.45, 2.75) is 36.6 Å². The molecule has 0 amide bonds. The Hall–Kier alpha value is -2.57. The number of para-hydroxylation sites is 2. The minimum absolute atomic E-state index is 0.173. The van der Waals surface area contributed by atoms with Crippen LogP contribution in [0.5, 0.6) is 0 Å². The summed E-state index contributed by atoms with van der Waals surface area (Å²) in [6, 6.07) is 18.1. The predicted molar refractivity (Wildman–Crippen MR) is 119 cm³/mol. The third-order valence-corrected chi connectivity index (χ3v) is 7.20. The molecule has 0 radical (unpaired) electrons. The molecule has 7 heteroatoms. The molecule has 4 nitrogen and oxygen atoms in total. The first-order valence-corrected chi connectivity index (χ1v) is 11.5. The van der Waals surface area contributed by atoms with Crippen molar-refractivity contribution in [1.82, 2.24) is 0 Å². The molecule has 0 spiro atoms. The highest BCUT2D eigenvalue weighted by molar-refractivity contribution is 7.92. The fourth-order valence-electron chi connectivity index (χ4n) is 4.02. The largest absolute Gasteiger partial charge is 0.377 e. The lowest BCUT2D eigenvalue weighted by Gasteiger charge is -2.39. The van der Waals surface area contributed by atoms with E-state index in [2.05, 4.69) is 30.0 Å². The maximum Gasteiger partial charge on any atom is 0.264 e. The minimum atomic E-state index is -4.08. The number of hydrogen-bond acceptors (Lipinski definition) is 3. The highest BCUT2D eigenvalue weighted by atomic mass is 35.5. The van der Waals surface area contributed by atoms with Crippen molar-refractivity contribution < 1.29 is 12.8 Å². The molecule has 0 aliphatic carbocycles. The zero-order valence-electron chi connectivity index (χ0n) is 16.6. The normalized spacial score (nSPS) is 17.7. The Labute approximate surface area is 181 Å². The topological polar surface area (TPSA) is 58.2 Å². The predicted octanol–water partition coefficient (Wildman–Crippen LogP) is 6.11. The number of rotatable bonds is 4. The summed E-state index contributed by atoms with van der Waals surface area (Å²) in [5.41, 5.74) is 2.98. The Bertz CT molecular complexity index is 1210. The van der Waals surface area contributed by atoms with Gasteiger partial charge in [-0.3, -0.25) is 4.72 Å². The number of benzene rings is 3. The van der Waals surface area contributed by atoms with Crippen LogP contribution < -0.4 is 10.0 Å². The van der Waals surface area contributed by atoms with Gasteiger partial charge in [0.2, 0.25) is 0 Å². The summed E-state index contributed by atoms with van der Waals surface area (Å²) in [5, 5.41) is 4.09. The second-order valence-electron chi connectivity index (χ2n) is 8.07. The van der Waals surface area contributed by atoms with Crippen LogP contribution in [-0.2, 0) is 15.4 Å². The molecule has 0 saturated heterocycles. The highest BCUT2D eigenvalue weighted by Gasteiger charge is 2.35. The van der Waals surface area contributed by atoms with Crippen molar-refractivity contribution in [1.29, 1.82) is 0 Å². The van der Waals surface area contributed by atoms with E-state index in [9.17, 15) is 12.8 Å². The van der Waals surface area contributed by atoms with Gasteiger partial charge in [0.25, 0.3) is 10.0 Å². The van der Waals surface area contributed by atoms with Crippen LogP contribution in [-0.4, -0.2) is 8.42 Å². The molecule has 1 atom stereocenters. The molecule has 1 heterocycles. The van der Waals surface area contributed by atoms with Gasteiger partial charge in [0.05, 0.1) is 22.4 Å². The van der Waals surface area contributed by atoms with Crippen molar-refractivity contribution in [2.75, 3.05) is 10.0 Å². The number of sulfonamides is 1. The second-order valence-corrected chi connectivity index (χ2v) is 10.1. The monoisotopic (exact) mass is 444 g/mol. The van der Waals surface area contributed by atoms with Gasteiger partial charge >= 0.3 is 0 Å². The molecule has 156 valence electrons. The standard InChI is InChI=1S/C23H22ClFN2O2S/c1-23(2)14-20(26-22-16(23)9-7-10-17(22)24)15-8-3-5-12-19(15)27-30(28,29)21-13-6-4-11-18(21)25/h3-13,20,26-27H,14H2,1-2H3. The van der Waals surface area contributed by atoms with Crippen LogP contribution >= 0.6 is 11.6 Å². The molecule has 3 aromatic carbocycles. The third-order valence-electron chi connectivity index (χ3n) is 5.48. The summed E-state index contributed by atoms with van der Waals surface area (Å²) < 4.78 is 42.4. The first kappa shape index (κ1) is 20.7. The maximum atomic E-state index is 14.1. The Morgan fingerprint density at radius 1 is 1.03 bits per heavy atom. The lowest BCUT2D eigenvalue weighted by atomic mass is 9.74. The van der Waals surface area contributed by atoms with Crippen molar-refractivity contribution in [2.24, 2.45) is 0 Å². The van der Waals surface area contributed by atoms with E-state index in [1.807, 2.05) is 24.3 Å². The number of anilines is 2. The second kappa shape index (κ2) is 7.60. The molecule has 0 fully saturated rings. The summed E-state index contributed by atoms with van der Waals surface area (Å²) in [6.07, 6.45) is 0.735. The number of nitrogens with one attached hydrogen (secondary N) is 2. The molecule has 3 aromatic rings. The average molecular weight is 445 g/mol. The van der Waals surface area contributed by atoms with Crippen molar-refractivity contribution in [3.63, 3.8) is 0 Å². The SMILES string of the molecule is CC1(C)CC(c2ccccc2NS(=O)(=O)c2ccccc2F)Nc2c(Cl)cccc21. The van der Waals surface area contributed by atoms with Gasteiger partial charge < -0.3 is 5.32 Å². The number of halogens is 2. The van der Waals surface area contributed by atoms with Gasteiger partial charge in [0.15, 0.2) is 0 Å². The fourth-order valence-corrected chi connectivity index (χ4v) is 5.42. The van der Waals surface area contributed by atoms with E-state index in [-0.39, 0.29) is 16.4 Å². The van der Waals surface area contributed by atoms with Crippen LogP contribution in [0.15, 0.2) is 71.6 Å². The average Bonchev–Trinajstić information content (AvgIpc) is 2.68. The molecular formula is C23H22ClFN2O2S. The summed E-state index contributed by atoms with van der Waals surface area (Å²) >= 11 is 6.45. The Morgan fingerprint density at radius 3 is 2.50 bits per heavy atom. The number of hydrogen-bond donors (Lipinski definition) is 2. The van der Waals surface area contributed by atoms with Crippen LogP contribution in [0.25, 0.3) is 0 Å². The van der Waals surface area contributed by atoms with Crippen molar-refractivity contribution >= 4 is 33.0 Å². The summed E-state index contributed by atoms with van der Waals surface area (Å²) in [5.74, 6) is -0.792. The van der Waals surface area contributed by atoms with Gasteiger partial charge in [-0.2, -0.15) is 0 Å². The van der Waals surface area contributed by atoms with Gasteiger partial charge in [-0.15, -0.1) is 0 Å². The van der Waals surface area contributed by atoms with Crippen LogP contribution in [0.2, 0.25) is 5.02 Å². The molecule has 30 heavy (non-hydrogen) atoms. The quantitative estimate of drug-likeness (QED) is 0.510. The van der Waals surface area contributed by atoms with Gasteiger partial charge in [0.1, 0.15) is 10.7 Å². The first-order valence-electron chi connectivity index (χ1n) is 9.61. The molecule has 4 rings (SSSR count). The van der Waals surface area contributed by atoms with E-state index in [0.29, 0.717) is 10.7 Å². The maximum absolute atomic E-state index is 14.1. The molecular weight excluding hydrogens is 423 g/mol. The van der Waals surface area contributed by atoms with Crippen LogP contribution in [0, 0.1) is 5.82 Å². The molecule has 1 unspecified atom stereocenters. The number of fused-ring (bicyclic) bond motifs is 1. The summed E-state index contributed by atoms with van der Waals surface area (Å²) in [6.45, 7) is 4.28. The minimum Gasteiger partial charge on any atom is -0.377 e. The Kier molecular flexibility index (Phi) is 5.24. The molecule has 1 aliphatic heterocycles. The zero-order valence-corrected chi connectivity index (χ0v) is 18.2. The third kappa shape index (κ3) is 3.77. The van der Waals surface area contributed by atoms with E-state index < -0.39 is 15.8 Å². The van der Waals surface area contributed by atoms with Crippen molar-refractivity contribution in [3.8, 4) is 0 Å². The van der Waals surface area contributed by atoms with Crippen LogP contribution in [0.1, 0.15) is 37.4 Å². The highest BCUT2D eigenvalue weighted by Crippen LogP contribution is 2.47. The Morgan fingerprint density at radius 2 is 1.73 bits per heavy atom. The first-order chi connectivity index (χ1) is 14.2. The van der Waals surface area contributed by atoms with E-state index >= 15 is 0 Å². The van der Waals surface area contributed by atoms with Gasteiger partial charge in [-0.25, -0.2) is 12.8 Å². The van der Waals surface area contributed by atoms with Crippen LogP contribution in [0.4, 0.5) is 15.8 Å². The van der Waals surface area contributed by atoms with E-state index in [4.69, 9.17) is 11.6 Å². The molecule has 0 aromatic heterocycles. The van der Waals surface area contributed by atoms with E-state index in [1.165, 1.54) is 18.2 Å². The molecule has 1 aliphatic rings. The molecule has 0 bridgehead atoms.